The first-order chi connectivity index (χ1) is 14.4. The number of amides is 3. The minimum atomic E-state index is -0.569. The predicted octanol–water partition coefficient (Wildman–Crippen LogP) is 2.96. The molecule has 0 saturated heterocycles. The molecule has 0 aliphatic carbocycles. The van der Waals surface area contributed by atoms with Crippen molar-refractivity contribution < 1.29 is 19.1 Å². The second-order valence-electron chi connectivity index (χ2n) is 7.46. The fraction of sp³-hybridized carbons (Fsp3) is 0.348. The Hall–Kier alpha value is -3.19. The predicted molar refractivity (Wildman–Crippen MR) is 113 cm³/mol. The van der Waals surface area contributed by atoms with Crippen molar-refractivity contribution in [1.82, 2.24) is 9.80 Å². The molecule has 2 aromatic carbocycles. The lowest BCUT2D eigenvalue weighted by Crippen LogP contribution is -2.31. The second-order valence-corrected chi connectivity index (χ2v) is 7.46. The number of ether oxygens (including phenoxy) is 1. The number of nitrogens with two attached hydrogens (primary N) is 1. The van der Waals surface area contributed by atoms with Gasteiger partial charge in [-0.25, -0.2) is 0 Å². The van der Waals surface area contributed by atoms with Crippen molar-refractivity contribution in [3.05, 3.63) is 70.3 Å². The average Bonchev–Trinajstić information content (AvgIpc) is 3.14. The van der Waals surface area contributed by atoms with Gasteiger partial charge in [0.05, 0.1) is 0 Å². The molecular formula is C23H27N3O4. The molecule has 1 heterocycles. The van der Waals surface area contributed by atoms with Crippen LogP contribution in [0.5, 0.6) is 0 Å². The highest BCUT2D eigenvalue weighted by molar-refractivity contribution is 6.00. The Morgan fingerprint density at radius 2 is 1.87 bits per heavy atom. The fourth-order valence-corrected chi connectivity index (χ4v) is 3.67. The van der Waals surface area contributed by atoms with E-state index in [0.717, 1.165) is 24.0 Å². The lowest BCUT2D eigenvalue weighted by molar-refractivity contribution is -0.0143. The lowest BCUT2D eigenvalue weighted by atomic mass is 10.1. The molecule has 0 fully saturated rings. The van der Waals surface area contributed by atoms with Crippen LogP contribution in [0.15, 0.2) is 42.5 Å². The smallest absolute Gasteiger partial charge is 0.256 e. The summed E-state index contributed by atoms with van der Waals surface area (Å²) in [6.45, 7) is 3.04. The largest absolute Gasteiger partial charge is 0.366 e. The van der Waals surface area contributed by atoms with Gasteiger partial charge < -0.3 is 20.3 Å². The van der Waals surface area contributed by atoms with E-state index < -0.39 is 12.1 Å². The summed E-state index contributed by atoms with van der Waals surface area (Å²) in [5.74, 6) is -0.878. The van der Waals surface area contributed by atoms with Crippen molar-refractivity contribution >= 4 is 17.7 Å². The number of methoxy groups -OCH3 is 1. The number of hydrogen-bond acceptors (Lipinski definition) is 4. The highest BCUT2D eigenvalue weighted by Gasteiger charge is 2.34. The van der Waals surface area contributed by atoms with E-state index in [0.29, 0.717) is 29.8 Å². The zero-order valence-electron chi connectivity index (χ0n) is 17.6. The van der Waals surface area contributed by atoms with E-state index in [1.54, 1.807) is 59.3 Å². The third-order valence-electron chi connectivity index (χ3n) is 5.35. The van der Waals surface area contributed by atoms with E-state index in [1.165, 1.54) is 7.11 Å². The Kier molecular flexibility index (Phi) is 6.52. The Morgan fingerprint density at radius 3 is 2.53 bits per heavy atom. The van der Waals surface area contributed by atoms with Crippen LogP contribution in [0.3, 0.4) is 0 Å². The minimum Gasteiger partial charge on any atom is -0.366 e. The molecular weight excluding hydrogens is 382 g/mol. The monoisotopic (exact) mass is 409 g/mol. The number of nitrogens with zero attached hydrogens (tertiary/aromatic N) is 2. The molecule has 0 saturated carbocycles. The van der Waals surface area contributed by atoms with Crippen LogP contribution in [0.4, 0.5) is 0 Å². The minimum absolute atomic E-state index is 0.114. The summed E-state index contributed by atoms with van der Waals surface area (Å²) in [6.07, 6.45) is 1.36. The van der Waals surface area contributed by atoms with Crippen LogP contribution in [0.1, 0.15) is 68.2 Å². The topological polar surface area (TPSA) is 92.9 Å². The molecule has 7 heteroatoms. The van der Waals surface area contributed by atoms with Crippen LogP contribution in [0, 0.1) is 0 Å². The third kappa shape index (κ3) is 4.21. The normalized spacial score (nSPS) is 15.0. The van der Waals surface area contributed by atoms with E-state index in [9.17, 15) is 14.4 Å². The van der Waals surface area contributed by atoms with Gasteiger partial charge in [0.2, 0.25) is 5.91 Å². The summed E-state index contributed by atoms with van der Waals surface area (Å²) in [7, 11) is 3.30. The van der Waals surface area contributed by atoms with Gasteiger partial charge in [-0.3, -0.25) is 14.4 Å². The molecule has 1 unspecified atom stereocenters. The molecule has 0 bridgehead atoms. The van der Waals surface area contributed by atoms with E-state index in [4.69, 9.17) is 10.5 Å². The number of rotatable bonds is 7. The summed E-state index contributed by atoms with van der Waals surface area (Å²) in [5, 5.41) is 0. The molecule has 7 nitrogen and oxygen atoms in total. The van der Waals surface area contributed by atoms with Crippen LogP contribution in [0.25, 0.3) is 0 Å². The van der Waals surface area contributed by atoms with Gasteiger partial charge in [-0.05, 0) is 42.3 Å². The first-order valence-corrected chi connectivity index (χ1v) is 9.99. The Labute approximate surface area is 176 Å². The molecule has 1 atom stereocenters. The zero-order valence-corrected chi connectivity index (χ0v) is 17.6. The van der Waals surface area contributed by atoms with Crippen molar-refractivity contribution in [2.45, 2.75) is 32.5 Å². The highest BCUT2D eigenvalue weighted by Crippen LogP contribution is 2.35. The number of benzene rings is 2. The van der Waals surface area contributed by atoms with Crippen molar-refractivity contribution in [2.24, 2.45) is 5.73 Å². The molecule has 2 N–H and O–H groups in total. The van der Waals surface area contributed by atoms with E-state index in [-0.39, 0.29) is 11.8 Å². The van der Waals surface area contributed by atoms with Crippen LogP contribution in [-0.2, 0) is 11.3 Å². The SMILES string of the molecule is CCCCN(C)C(=O)c1cccc(C(=O)N2Cc3cc(C(N)=O)ccc3C2OC)c1. The van der Waals surface area contributed by atoms with E-state index in [2.05, 4.69) is 6.92 Å². The molecule has 2 aromatic rings. The second kappa shape index (κ2) is 9.09. The Balaban J connectivity index is 1.84. The van der Waals surface area contributed by atoms with E-state index >= 15 is 0 Å². The summed E-state index contributed by atoms with van der Waals surface area (Å²) in [5.41, 5.74) is 8.29. The number of fused-ring (bicyclic) bond motifs is 1. The highest BCUT2D eigenvalue weighted by atomic mass is 16.5. The van der Waals surface area contributed by atoms with Crippen LogP contribution in [-0.4, -0.2) is 48.2 Å². The first kappa shape index (κ1) is 21.5. The van der Waals surface area contributed by atoms with Crippen molar-refractivity contribution in [3.63, 3.8) is 0 Å². The lowest BCUT2D eigenvalue weighted by Gasteiger charge is -2.24. The van der Waals surface area contributed by atoms with Gasteiger partial charge in [-0.2, -0.15) is 0 Å². The van der Waals surface area contributed by atoms with Gasteiger partial charge >= 0.3 is 0 Å². The van der Waals surface area contributed by atoms with Crippen LogP contribution < -0.4 is 5.73 Å². The summed E-state index contributed by atoms with van der Waals surface area (Å²) in [6, 6.07) is 11.8. The number of carbonyl (C=O) groups is 3. The van der Waals surface area contributed by atoms with Crippen molar-refractivity contribution in [2.75, 3.05) is 20.7 Å². The average molecular weight is 409 g/mol. The molecule has 1 aliphatic rings. The van der Waals surface area contributed by atoms with Crippen molar-refractivity contribution in [1.29, 1.82) is 0 Å². The maximum atomic E-state index is 13.2. The van der Waals surface area contributed by atoms with Gasteiger partial charge in [0, 0.05) is 49.5 Å². The zero-order chi connectivity index (χ0) is 21.8. The standard InChI is InChI=1S/C23H27N3O4/c1-4-5-11-25(2)21(28)16-7-6-8-17(13-16)22(29)26-14-18-12-15(20(24)27)9-10-19(18)23(26)30-3/h6-10,12-13,23H,4-5,11,14H2,1-3H3,(H2,24,27). The third-order valence-corrected chi connectivity index (χ3v) is 5.35. The molecule has 158 valence electrons. The van der Waals surface area contributed by atoms with Gasteiger partial charge in [0.25, 0.3) is 11.8 Å². The maximum absolute atomic E-state index is 13.2. The Morgan fingerprint density at radius 1 is 1.13 bits per heavy atom. The van der Waals surface area contributed by atoms with Crippen LogP contribution in [0.2, 0.25) is 0 Å². The first-order valence-electron chi connectivity index (χ1n) is 9.99. The molecule has 0 radical (unpaired) electrons. The van der Waals surface area contributed by atoms with Gasteiger partial charge in [-0.1, -0.05) is 25.5 Å². The summed E-state index contributed by atoms with van der Waals surface area (Å²) >= 11 is 0. The van der Waals surface area contributed by atoms with Crippen molar-refractivity contribution in [3.8, 4) is 0 Å². The number of unbranched alkanes of at least 4 members (excludes halogenated alkanes) is 1. The molecule has 3 rings (SSSR count). The maximum Gasteiger partial charge on any atom is 0.256 e. The molecule has 1 aliphatic heterocycles. The van der Waals surface area contributed by atoms with Crippen LogP contribution >= 0.6 is 0 Å². The molecule has 0 spiro atoms. The van der Waals surface area contributed by atoms with Gasteiger partial charge in [0.15, 0.2) is 6.23 Å². The van der Waals surface area contributed by atoms with Gasteiger partial charge in [-0.15, -0.1) is 0 Å². The fourth-order valence-electron chi connectivity index (χ4n) is 3.67. The number of primary amides is 1. The molecule has 0 aromatic heterocycles. The quantitative estimate of drug-likeness (QED) is 0.761. The summed E-state index contributed by atoms with van der Waals surface area (Å²) < 4.78 is 5.57. The number of hydrogen-bond donors (Lipinski definition) is 1. The Bertz CT molecular complexity index is 973. The molecule has 30 heavy (non-hydrogen) atoms. The molecule has 3 amide bonds. The van der Waals surface area contributed by atoms with E-state index in [1.807, 2.05) is 0 Å². The number of carbonyl (C=O) groups excluding carboxylic acids is 3. The van der Waals surface area contributed by atoms with Gasteiger partial charge in [0.1, 0.15) is 0 Å². The summed E-state index contributed by atoms with van der Waals surface area (Å²) in [4.78, 5) is 40.7.